The van der Waals surface area contributed by atoms with E-state index in [0.29, 0.717) is 19.8 Å². The van der Waals surface area contributed by atoms with E-state index in [9.17, 15) is 4.79 Å². The maximum Gasteiger partial charge on any atom is 0.230 e. The number of hydrogen-bond donors (Lipinski definition) is 1. The van der Waals surface area contributed by atoms with Gasteiger partial charge in [-0.05, 0) is 29.2 Å². The lowest BCUT2D eigenvalue weighted by molar-refractivity contribution is -0.131. The lowest BCUT2D eigenvalue weighted by Gasteiger charge is -2.26. The van der Waals surface area contributed by atoms with E-state index in [1.807, 2.05) is 36.5 Å². The summed E-state index contributed by atoms with van der Waals surface area (Å²) in [5.74, 6) is 0.319. The number of rotatable bonds is 5. The molecule has 2 aromatic heterocycles. The summed E-state index contributed by atoms with van der Waals surface area (Å²) in [5.41, 5.74) is 2.58. The predicted molar refractivity (Wildman–Crippen MR) is 108 cm³/mol. The van der Waals surface area contributed by atoms with Crippen LogP contribution in [0.15, 0.2) is 48.0 Å². The highest BCUT2D eigenvalue weighted by molar-refractivity contribution is 7.03. The number of hydrogen-bond acceptors (Lipinski definition) is 6. The Hall–Kier alpha value is -2.35. The fraction of sp³-hybridized carbons (Fsp3) is 0.381. The van der Waals surface area contributed by atoms with Gasteiger partial charge in [-0.3, -0.25) is 14.7 Å². The van der Waals surface area contributed by atoms with Crippen LogP contribution in [0, 0.1) is 11.3 Å². The van der Waals surface area contributed by atoms with Crippen molar-refractivity contribution in [2.45, 2.75) is 13.1 Å². The summed E-state index contributed by atoms with van der Waals surface area (Å²) in [7, 11) is 0. The number of ether oxygens (including phenoxy) is 1. The van der Waals surface area contributed by atoms with E-state index < -0.39 is 5.41 Å². The van der Waals surface area contributed by atoms with Crippen LogP contribution in [0.25, 0.3) is 10.9 Å². The fourth-order valence-corrected chi connectivity index (χ4v) is 4.93. The van der Waals surface area contributed by atoms with Gasteiger partial charge < -0.3 is 10.1 Å². The smallest absolute Gasteiger partial charge is 0.230 e. The van der Waals surface area contributed by atoms with Crippen molar-refractivity contribution in [1.29, 1.82) is 0 Å². The molecule has 7 heteroatoms. The van der Waals surface area contributed by atoms with E-state index in [1.165, 1.54) is 17.1 Å². The van der Waals surface area contributed by atoms with Crippen molar-refractivity contribution >= 4 is 28.3 Å². The van der Waals surface area contributed by atoms with Crippen LogP contribution in [0.3, 0.4) is 0 Å². The van der Waals surface area contributed by atoms with E-state index in [4.69, 9.17) is 4.74 Å². The van der Waals surface area contributed by atoms with Crippen molar-refractivity contribution in [3.8, 4) is 0 Å². The SMILES string of the molecule is O=C(NCc1ccc2ccccc2n1)[C@]12COC[C@H]1CN(Cc1cnsc1)C2. The number of likely N-dealkylation sites (tertiary alicyclic amines) is 1. The molecule has 1 N–H and O–H groups in total. The second-order valence-corrected chi connectivity index (χ2v) is 8.41. The highest BCUT2D eigenvalue weighted by Crippen LogP contribution is 2.42. The molecule has 1 aromatic carbocycles. The largest absolute Gasteiger partial charge is 0.380 e. The highest BCUT2D eigenvalue weighted by atomic mass is 32.1. The number of fused-ring (bicyclic) bond motifs is 2. The molecule has 3 aromatic rings. The number of carbonyl (C=O) groups excluding carboxylic acids is 1. The van der Waals surface area contributed by atoms with Crippen LogP contribution in [-0.4, -0.2) is 46.5 Å². The van der Waals surface area contributed by atoms with Gasteiger partial charge in [-0.2, -0.15) is 0 Å². The van der Waals surface area contributed by atoms with Gasteiger partial charge in [0.25, 0.3) is 0 Å². The minimum atomic E-state index is -0.458. The molecule has 2 fully saturated rings. The fourth-order valence-electron chi connectivity index (χ4n) is 4.40. The molecule has 0 bridgehead atoms. The van der Waals surface area contributed by atoms with E-state index >= 15 is 0 Å². The van der Waals surface area contributed by atoms with Crippen molar-refractivity contribution in [1.82, 2.24) is 19.6 Å². The van der Waals surface area contributed by atoms with Crippen LogP contribution in [0.5, 0.6) is 0 Å². The summed E-state index contributed by atoms with van der Waals surface area (Å²) in [6, 6.07) is 12.0. The number of nitrogens with one attached hydrogen (secondary N) is 1. The minimum absolute atomic E-state index is 0.0795. The molecule has 2 aliphatic heterocycles. The zero-order chi connectivity index (χ0) is 19.0. The van der Waals surface area contributed by atoms with Gasteiger partial charge in [0.1, 0.15) is 0 Å². The quantitative estimate of drug-likeness (QED) is 0.720. The summed E-state index contributed by atoms with van der Waals surface area (Å²) in [6.45, 7) is 4.04. The van der Waals surface area contributed by atoms with Gasteiger partial charge in [0.05, 0.1) is 36.4 Å². The molecule has 1 amide bonds. The van der Waals surface area contributed by atoms with Crippen LogP contribution in [0.1, 0.15) is 11.3 Å². The van der Waals surface area contributed by atoms with E-state index in [1.54, 1.807) is 0 Å². The van der Waals surface area contributed by atoms with Crippen molar-refractivity contribution in [2.24, 2.45) is 11.3 Å². The molecule has 0 radical (unpaired) electrons. The molecular formula is C21H22N4O2S. The third-order valence-corrected chi connectivity index (χ3v) is 6.51. The standard InChI is InChI=1S/C21H22N4O2S/c26-20(22-8-18-6-5-16-3-1-2-4-19(16)24-18)21-13-25(9-15-7-23-28-12-15)10-17(21)11-27-14-21/h1-7,12,17H,8-11,13-14H2,(H,22,26)/t17-,21-/m1/s1. The molecule has 6 nitrogen and oxygen atoms in total. The molecule has 2 aliphatic rings. The highest BCUT2D eigenvalue weighted by Gasteiger charge is 2.55. The number of benzene rings is 1. The average Bonchev–Trinajstić information content (AvgIpc) is 3.43. The third kappa shape index (κ3) is 3.19. The lowest BCUT2D eigenvalue weighted by Crippen LogP contribution is -2.46. The minimum Gasteiger partial charge on any atom is -0.380 e. The average molecular weight is 395 g/mol. The summed E-state index contributed by atoms with van der Waals surface area (Å²) in [5, 5.41) is 6.31. The van der Waals surface area contributed by atoms with Gasteiger partial charge in [-0.1, -0.05) is 24.3 Å². The molecule has 5 rings (SSSR count). The summed E-state index contributed by atoms with van der Waals surface area (Å²) >= 11 is 1.47. The van der Waals surface area contributed by atoms with Crippen molar-refractivity contribution < 1.29 is 9.53 Å². The Labute approximate surface area is 167 Å². The maximum atomic E-state index is 13.2. The molecule has 0 aliphatic carbocycles. The maximum absolute atomic E-state index is 13.2. The Balaban J connectivity index is 1.27. The Morgan fingerprint density at radius 2 is 2.25 bits per heavy atom. The van der Waals surface area contributed by atoms with Gasteiger partial charge in [0, 0.05) is 42.5 Å². The van der Waals surface area contributed by atoms with Gasteiger partial charge >= 0.3 is 0 Å². The number of nitrogens with zero attached hydrogens (tertiary/aromatic N) is 3. The van der Waals surface area contributed by atoms with Crippen molar-refractivity contribution in [3.63, 3.8) is 0 Å². The van der Waals surface area contributed by atoms with Crippen LogP contribution in [-0.2, 0) is 22.6 Å². The van der Waals surface area contributed by atoms with Crippen molar-refractivity contribution in [3.05, 3.63) is 59.2 Å². The topological polar surface area (TPSA) is 67.3 Å². The molecule has 0 saturated carbocycles. The molecule has 0 spiro atoms. The molecule has 4 heterocycles. The van der Waals surface area contributed by atoms with E-state index in [-0.39, 0.29) is 11.8 Å². The normalized spacial score (nSPS) is 24.5. The van der Waals surface area contributed by atoms with E-state index in [2.05, 4.69) is 31.0 Å². The first-order valence-corrected chi connectivity index (χ1v) is 10.4. The molecule has 144 valence electrons. The predicted octanol–water partition coefficient (Wildman–Crippen LogP) is 2.46. The van der Waals surface area contributed by atoms with Crippen LogP contribution in [0.2, 0.25) is 0 Å². The van der Waals surface area contributed by atoms with Crippen LogP contribution >= 0.6 is 11.5 Å². The van der Waals surface area contributed by atoms with Crippen LogP contribution in [0.4, 0.5) is 0 Å². The number of carbonyl (C=O) groups is 1. The monoisotopic (exact) mass is 394 g/mol. The van der Waals surface area contributed by atoms with Gasteiger partial charge in [0.2, 0.25) is 5.91 Å². The van der Waals surface area contributed by atoms with E-state index in [0.717, 1.165) is 36.2 Å². The summed E-state index contributed by atoms with van der Waals surface area (Å²) in [4.78, 5) is 20.2. The number of aromatic nitrogens is 2. The van der Waals surface area contributed by atoms with Crippen molar-refractivity contribution in [2.75, 3.05) is 26.3 Å². The number of para-hydroxylation sites is 1. The zero-order valence-corrected chi connectivity index (χ0v) is 16.3. The number of pyridine rings is 1. The summed E-state index contributed by atoms with van der Waals surface area (Å²) < 4.78 is 9.89. The van der Waals surface area contributed by atoms with Gasteiger partial charge in [0.15, 0.2) is 0 Å². The Morgan fingerprint density at radius 3 is 3.14 bits per heavy atom. The Kier molecular flexibility index (Phi) is 4.58. The molecule has 0 unspecified atom stereocenters. The Morgan fingerprint density at radius 1 is 1.32 bits per heavy atom. The third-order valence-electron chi connectivity index (χ3n) is 5.87. The van der Waals surface area contributed by atoms with Gasteiger partial charge in [-0.15, -0.1) is 0 Å². The van der Waals surface area contributed by atoms with Gasteiger partial charge in [-0.25, -0.2) is 4.37 Å². The summed E-state index contributed by atoms with van der Waals surface area (Å²) in [6.07, 6.45) is 1.91. The first-order chi connectivity index (χ1) is 13.7. The zero-order valence-electron chi connectivity index (χ0n) is 15.5. The second kappa shape index (κ2) is 7.24. The molecular weight excluding hydrogens is 372 g/mol. The molecule has 2 atom stereocenters. The Bertz CT molecular complexity index is 993. The lowest BCUT2D eigenvalue weighted by atomic mass is 9.80. The molecule has 28 heavy (non-hydrogen) atoms. The van der Waals surface area contributed by atoms with Crippen LogP contribution < -0.4 is 5.32 Å². The first kappa shape index (κ1) is 17.7. The first-order valence-electron chi connectivity index (χ1n) is 9.54. The molecule has 2 saturated heterocycles. The number of amides is 1. The second-order valence-electron chi connectivity index (χ2n) is 7.75.